The summed E-state index contributed by atoms with van der Waals surface area (Å²) in [5.74, 6) is 0.373. The van der Waals surface area contributed by atoms with Crippen LogP contribution in [0.4, 0.5) is 0 Å². The molecule has 3 rings (SSSR count). The summed E-state index contributed by atoms with van der Waals surface area (Å²) >= 11 is 6.03. The van der Waals surface area contributed by atoms with Crippen LogP contribution in [0.15, 0.2) is 46.5 Å². The van der Waals surface area contributed by atoms with Crippen LogP contribution < -0.4 is 10.3 Å². The molecule has 0 saturated heterocycles. The van der Waals surface area contributed by atoms with Crippen LogP contribution in [-0.4, -0.2) is 29.2 Å². The van der Waals surface area contributed by atoms with Gasteiger partial charge in [-0.1, -0.05) is 23.7 Å². The van der Waals surface area contributed by atoms with Gasteiger partial charge in [-0.3, -0.25) is 9.36 Å². The largest absolute Gasteiger partial charge is 0.450 e. The van der Waals surface area contributed by atoms with E-state index in [2.05, 4.69) is 9.97 Å². The standard InChI is InChI=1S/C15H12ClN3O4S/c1-19-13-9(8-17-15(18-13)24(2,21)22)7-12(14(19)20)23-11-6-4-3-5-10(11)16/h3-8H,1-2H3. The highest BCUT2D eigenvalue weighted by Crippen LogP contribution is 2.28. The quantitative estimate of drug-likeness (QED) is 0.661. The van der Waals surface area contributed by atoms with E-state index in [1.807, 2.05) is 0 Å². The van der Waals surface area contributed by atoms with Gasteiger partial charge in [-0.2, -0.15) is 4.98 Å². The molecule has 0 atom stereocenters. The van der Waals surface area contributed by atoms with Crippen molar-refractivity contribution in [2.24, 2.45) is 7.05 Å². The maximum Gasteiger partial charge on any atom is 0.294 e. The summed E-state index contributed by atoms with van der Waals surface area (Å²) in [5, 5.41) is 0.486. The van der Waals surface area contributed by atoms with Crippen LogP contribution in [-0.2, 0) is 16.9 Å². The molecule has 0 amide bonds. The van der Waals surface area contributed by atoms with Gasteiger partial charge in [0.1, 0.15) is 11.4 Å². The first-order chi connectivity index (χ1) is 11.3. The van der Waals surface area contributed by atoms with E-state index < -0.39 is 15.4 Å². The van der Waals surface area contributed by atoms with Crippen molar-refractivity contribution in [3.63, 3.8) is 0 Å². The molecule has 0 fully saturated rings. The molecule has 0 radical (unpaired) electrons. The third-order valence-corrected chi connectivity index (χ3v) is 4.45. The van der Waals surface area contributed by atoms with E-state index >= 15 is 0 Å². The summed E-state index contributed by atoms with van der Waals surface area (Å²) in [6.07, 6.45) is 2.33. The fraction of sp³-hybridized carbons (Fsp3) is 0.133. The number of ether oxygens (including phenoxy) is 1. The zero-order chi connectivity index (χ0) is 17.5. The number of sulfone groups is 1. The number of hydrogen-bond donors (Lipinski definition) is 0. The number of hydrogen-bond acceptors (Lipinski definition) is 6. The Morgan fingerprint density at radius 3 is 2.58 bits per heavy atom. The Hall–Kier alpha value is -2.45. The zero-order valence-electron chi connectivity index (χ0n) is 12.7. The lowest BCUT2D eigenvalue weighted by Crippen LogP contribution is -2.20. The van der Waals surface area contributed by atoms with Crippen molar-refractivity contribution in [2.75, 3.05) is 6.26 Å². The van der Waals surface area contributed by atoms with E-state index in [0.29, 0.717) is 16.2 Å². The molecular formula is C15H12ClN3O4S. The fourth-order valence-electron chi connectivity index (χ4n) is 2.10. The lowest BCUT2D eigenvalue weighted by molar-refractivity contribution is 0.471. The van der Waals surface area contributed by atoms with Crippen molar-refractivity contribution in [1.82, 2.24) is 14.5 Å². The van der Waals surface area contributed by atoms with E-state index in [4.69, 9.17) is 16.3 Å². The molecule has 0 N–H and O–H groups in total. The number of aryl methyl sites for hydroxylation is 1. The zero-order valence-corrected chi connectivity index (χ0v) is 14.3. The normalized spacial score (nSPS) is 11.6. The van der Waals surface area contributed by atoms with Crippen LogP contribution in [0.3, 0.4) is 0 Å². The third kappa shape index (κ3) is 2.98. The van der Waals surface area contributed by atoms with E-state index in [1.54, 1.807) is 24.3 Å². The highest BCUT2D eigenvalue weighted by Gasteiger charge is 2.16. The molecule has 9 heteroatoms. The SMILES string of the molecule is Cn1c(=O)c(Oc2ccccc2Cl)cc2cnc(S(C)(=O)=O)nc21. The number of para-hydroxylation sites is 1. The van der Waals surface area contributed by atoms with Gasteiger partial charge in [0, 0.05) is 24.9 Å². The molecule has 2 aromatic heterocycles. The van der Waals surface area contributed by atoms with Crippen LogP contribution in [0.1, 0.15) is 0 Å². The number of halogens is 1. The highest BCUT2D eigenvalue weighted by atomic mass is 35.5. The average Bonchev–Trinajstić information content (AvgIpc) is 2.53. The number of rotatable bonds is 3. The van der Waals surface area contributed by atoms with Crippen molar-refractivity contribution in [2.45, 2.75) is 5.16 Å². The van der Waals surface area contributed by atoms with Gasteiger partial charge in [-0.15, -0.1) is 0 Å². The summed E-state index contributed by atoms with van der Waals surface area (Å²) in [6.45, 7) is 0. The number of nitrogens with zero attached hydrogens (tertiary/aromatic N) is 3. The van der Waals surface area contributed by atoms with Crippen molar-refractivity contribution in [3.8, 4) is 11.5 Å². The number of pyridine rings is 1. The van der Waals surface area contributed by atoms with Gasteiger partial charge in [0.15, 0.2) is 5.75 Å². The van der Waals surface area contributed by atoms with Crippen molar-refractivity contribution < 1.29 is 13.2 Å². The average molecular weight is 366 g/mol. The van der Waals surface area contributed by atoms with Gasteiger partial charge < -0.3 is 4.74 Å². The molecule has 0 spiro atoms. The van der Waals surface area contributed by atoms with E-state index in [0.717, 1.165) is 6.26 Å². The van der Waals surface area contributed by atoms with E-state index in [1.165, 1.54) is 23.9 Å². The molecule has 0 saturated carbocycles. The lowest BCUT2D eigenvalue weighted by atomic mass is 10.3. The fourth-order valence-corrected chi connectivity index (χ4v) is 2.77. The maximum absolute atomic E-state index is 12.4. The second-order valence-corrected chi connectivity index (χ2v) is 7.43. The van der Waals surface area contributed by atoms with Crippen LogP contribution in [0.25, 0.3) is 11.0 Å². The molecule has 0 aliphatic heterocycles. The molecule has 2 heterocycles. The molecule has 3 aromatic rings. The first-order valence-corrected chi connectivity index (χ1v) is 9.03. The minimum absolute atomic E-state index is 0.0359. The van der Waals surface area contributed by atoms with Gasteiger partial charge in [0.25, 0.3) is 5.56 Å². The van der Waals surface area contributed by atoms with Crippen molar-refractivity contribution in [1.29, 1.82) is 0 Å². The Morgan fingerprint density at radius 1 is 1.21 bits per heavy atom. The van der Waals surface area contributed by atoms with Gasteiger partial charge >= 0.3 is 0 Å². The van der Waals surface area contributed by atoms with E-state index in [9.17, 15) is 13.2 Å². The van der Waals surface area contributed by atoms with Crippen LogP contribution in [0.5, 0.6) is 11.5 Å². The number of benzene rings is 1. The first kappa shape index (κ1) is 16.4. The van der Waals surface area contributed by atoms with Gasteiger partial charge in [0.05, 0.1) is 5.02 Å². The molecule has 0 bridgehead atoms. The summed E-state index contributed by atoms with van der Waals surface area (Å²) < 4.78 is 29.9. The van der Waals surface area contributed by atoms with Gasteiger partial charge in [-0.05, 0) is 18.2 Å². The topological polar surface area (TPSA) is 91.2 Å². The second kappa shape index (κ2) is 5.88. The summed E-state index contributed by atoms with van der Waals surface area (Å²) in [5.41, 5.74) is -0.275. The van der Waals surface area contributed by atoms with Crippen LogP contribution in [0.2, 0.25) is 5.02 Å². The van der Waals surface area contributed by atoms with Crippen molar-refractivity contribution >= 4 is 32.5 Å². The molecule has 1 aromatic carbocycles. The Balaban J connectivity index is 2.17. The third-order valence-electron chi connectivity index (χ3n) is 3.28. The molecule has 7 nitrogen and oxygen atoms in total. The minimum atomic E-state index is -3.57. The monoisotopic (exact) mass is 365 g/mol. The predicted molar refractivity (Wildman–Crippen MR) is 89.4 cm³/mol. The lowest BCUT2D eigenvalue weighted by Gasteiger charge is -2.10. The Kier molecular flexibility index (Phi) is 4.02. The molecule has 0 aliphatic carbocycles. The molecule has 24 heavy (non-hydrogen) atoms. The predicted octanol–water partition coefficient (Wildman–Crippen LogP) is 2.18. The molecular weight excluding hydrogens is 354 g/mol. The Morgan fingerprint density at radius 2 is 1.92 bits per heavy atom. The molecule has 0 aliphatic rings. The Labute approximate surface area is 142 Å². The number of fused-ring (bicyclic) bond motifs is 1. The van der Waals surface area contributed by atoms with Gasteiger partial charge in [0.2, 0.25) is 15.0 Å². The summed E-state index contributed by atoms with van der Waals surface area (Å²) in [6, 6.07) is 8.20. The summed E-state index contributed by atoms with van der Waals surface area (Å²) in [4.78, 5) is 20.2. The summed E-state index contributed by atoms with van der Waals surface area (Å²) in [7, 11) is -2.10. The molecule has 0 unspecified atom stereocenters. The first-order valence-electron chi connectivity index (χ1n) is 6.76. The molecule has 124 valence electrons. The Bertz CT molecular complexity index is 1110. The van der Waals surface area contributed by atoms with Crippen LogP contribution in [0, 0.1) is 0 Å². The highest BCUT2D eigenvalue weighted by molar-refractivity contribution is 7.90. The maximum atomic E-state index is 12.4. The van der Waals surface area contributed by atoms with E-state index in [-0.39, 0.29) is 16.6 Å². The number of aromatic nitrogens is 3. The minimum Gasteiger partial charge on any atom is -0.450 e. The van der Waals surface area contributed by atoms with Crippen LogP contribution >= 0.6 is 11.6 Å². The second-order valence-electron chi connectivity index (χ2n) is 5.11. The van der Waals surface area contributed by atoms with Crippen molar-refractivity contribution in [3.05, 3.63) is 51.9 Å². The van der Waals surface area contributed by atoms with Gasteiger partial charge in [-0.25, -0.2) is 13.4 Å². The smallest absolute Gasteiger partial charge is 0.294 e.